The Hall–Kier alpha value is -3.43. The van der Waals surface area contributed by atoms with Crippen LogP contribution in [0, 0.1) is 0 Å². The number of anilines is 1. The van der Waals surface area contributed by atoms with Gasteiger partial charge in [-0.25, -0.2) is 4.98 Å². The van der Waals surface area contributed by atoms with Crippen molar-refractivity contribution < 1.29 is 14.8 Å². The highest BCUT2D eigenvalue weighted by molar-refractivity contribution is 5.56. The van der Waals surface area contributed by atoms with E-state index in [4.69, 9.17) is 14.8 Å². The van der Waals surface area contributed by atoms with Crippen LogP contribution < -0.4 is 27.0 Å². The molecule has 0 radical (unpaired) electrons. The number of hydrogen-bond donors (Lipinski definition) is 4. The third-order valence-corrected chi connectivity index (χ3v) is 3.96. The fourth-order valence-electron chi connectivity index (χ4n) is 2.66. The molecule has 2 aromatic heterocycles. The number of aromatic amines is 2. The lowest BCUT2D eigenvalue weighted by molar-refractivity contribution is 0.0291. The quantitative estimate of drug-likeness (QED) is 0.485. The van der Waals surface area contributed by atoms with Gasteiger partial charge in [0.05, 0.1) is 5.69 Å². The van der Waals surface area contributed by atoms with E-state index in [9.17, 15) is 9.59 Å². The third kappa shape index (κ3) is 4.11. The number of aromatic nitrogens is 3. The minimum absolute atomic E-state index is 0.0259. The SMILES string of the molecule is CC(C)(C)c1ocnc1/C=c1\[nH]c(=O)/c(=C/c2cccc(N(O)O)c2)[nH]c1=O. The van der Waals surface area contributed by atoms with Gasteiger partial charge in [-0.2, -0.15) is 0 Å². The van der Waals surface area contributed by atoms with E-state index in [0.29, 0.717) is 17.0 Å². The second-order valence-corrected chi connectivity index (χ2v) is 7.23. The van der Waals surface area contributed by atoms with E-state index in [1.165, 1.54) is 30.7 Å². The molecule has 3 rings (SSSR count). The van der Waals surface area contributed by atoms with Crippen molar-refractivity contribution >= 4 is 17.8 Å². The van der Waals surface area contributed by atoms with Crippen molar-refractivity contribution in [3.05, 3.63) is 79.1 Å². The number of nitrogens with one attached hydrogen (secondary N) is 2. The molecule has 0 fully saturated rings. The van der Waals surface area contributed by atoms with E-state index >= 15 is 0 Å². The van der Waals surface area contributed by atoms with Gasteiger partial charge in [0.1, 0.15) is 22.2 Å². The van der Waals surface area contributed by atoms with Crippen molar-refractivity contribution in [1.82, 2.24) is 15.0 Å². The fourth-order valence-corrected chi connectivity index (χ4v) is 2.66. The standard InChI is InChI=1S/C19H20N4O5/c1-19(2,3)16-13(20-10-28-16)9-15-18(25)21-14(17(24)22-15)8-11-5-4-6-12(7-11)23(26)27/h4-10,26-27H,1-3H3,(H,21,25)(H,22,24)/b14-8-,15-9-. The number of nitrogens with zero attached hydrogens (tertiary/aromatic N) is 2. The summed E-state index contributed by atoms with van der Waals surface area (Å²) in [6, 6.07) is 6.12. The molecule has 0 saturated carbocycles. The summed E-state index contributed by atoms with van der Waals surface area (Å²) >= 11 is 0. The lowest BCUT2D eigenvalue weighted by Gasteiger charge is -2.14. The van der Waals surface area contributed by atoms with E-state index in [1.807, 2.05) is 20.8 Å². The van der Waals surface area contributed by atoms with E-state index in [0.717, 1.165) is 0 Å². The molecule has 1 aromatic carbocycles. The minimum Gasteiger partial charge on any atom is -0.447 e. The highest BCUT2D eigenvalue weighted by atomic mass is 16.8. The fraction of sp³-hybridized carbons (Fsp3) is 0.211. The van der Waals surface area contributed by atoms with Crippen LogP contribution in [-0.4, -0.2) is 25.4 Å². The third-order valence-electron chi connectivity index (χ3n) is 3.96. The Labute approximate surface area is 158 Å². The molecular formula is C19H20N4O5. The maximum Gasteiger partial charge on any atom is 0.272 e. The smallest absolute Gasteiger partial charge is 0.272 e. The van der Waals surface area contributed by atoms with Gasteiger partial charge in [-0.05, 0) is 29.8 Å². The summed E-state index contributed by atoms with van der Waals surface area (Å²) in [6.07, 6.45) is 4.18. The number of H-pyrrole nitrogens is 2. The first-order chi connectivity index (χ1) is 13.1. The van der Waals surface area contributed by atoms with Crippen LogP contribution in [0.2, 0.25) is 0 Å². The van der Waals surface area contributed by atoms with Crippen molar-refractivity contribution in [3.63, 3.8) is 0 Å². The predicted octanol–water partition coefficient (Wildman–Crippen LogP) is 0.591. The van der Waals surface area contributed by atoms with Gasteiger partial charge in [0.25, 0.3) is 11.1 Å². The van der Waals surface area contributed by atoms with Crippen LogP contribution in [0.5, 0.6) is 0 Å². The van der Waals surface area contributed by atoms with Gasteiger partial charge in [-0.3, -0.25) is 20.0 Å². The molecule has 0 aliphatic heterocycles. The molecule has 2 heterocycles. The van der Waals surface area contributed by atoms with Crippen molar-refractivity contribution in [1.29, 1.82) is 0 Å². The van der Waals surface area contributed by atoms with Gasteiger partial charge >= 0.3 is 0 Å². The number of oxazole rings is 1. The highest BCUT2D eigenvalue weighted by Crippen LogP contribution is 2.25. The Balaban J connectivity index is 2.11. The maximum atomic E-state index is 12.4. The Morgan fingerprint density at radius 1 is 1.07 bits per heavy atom. The molecule has 9 heteroatoms. The van der Waals surface area contributed by atoms with Crippen molar-refractivity contribution in [2.45, 2.75) is 26.2 Å². The molecule has 0 bridgehead atoms. The molecule has 146 valence electrons. The summed E-state index contributed by atoms with van der Waals surface area (Å²) in [5.41, 5.74) is -0.267. The molecule has 4 N–H and O–H groups in total. The first kappa shape index (κ1) is 19.3. The van der Waals surface area contributed by atoms with Gasteiger partial charge in [0.15, 0.2) is 6.39 Å². The first-order valence-electron chi connectivity index (χ1n) is 8.43. The summed E-state index contributed by atoms with van der Waals surface area (Å²) in [6.45, 7) is 5.84. The maximum absolute atomic E-state index is 12.4. The average Bonchev–Trinajstić information content (AvgIpc) is 3.08. The second kappa shape index (κ2) is 7.29. The number of hydrogen-bond acceptors (Lipinski definition) is 7. The molecule has 0 aliphatic rings. The second-order valence-electron chi connectivity index (χ2n) is 7.23. The Morgan fingerprint density at radius 3 is 2.32 bits per heavy atom. The molecule has 9 nitrogen and oxygen atoms in total. The Morgan fingerprint density at radius 2 is 1.71 bits per heavy atom. The molecule has 28 heavy (non-hydrogen) atoms. The zero-order valence-electron chi connectivity index (χ0n) is 15.6. The van der Waals surface area contributed by atoms with E-state index in [2.05, 4.69) is 15.0 Å². The average molecular weight is 384 g/mol. The topological polar surface area (TPSA) is 135 Å². The largest absolute Gasteiger partial charge is 0.447 e. The lowest BCUT2D eigenvalue weighted by atomic mass is 9.92. The molecule has 0 saturated heterocycles. The van der Waals surface area contributed by atoms with Gasteiger partial charge < -0.3 is 14.4 Å². The van der Waals surface area contributed by atoms with Crippen LogP contribution in [0.4, 0.5) is 5.69 Å². The van der Waals surface area contributed by atoms with Crippen LogP contribution in [0.25, 0.3) is 12.2 Å². The van der Waals surface area contributed by atoms with Crippen LogP contribution >= 0.6 is 0 Å². The van der Waals surface area contributed by atoms with Crippen LogP contribution in [0.1, 0.15) is 37.8 Å². The minimum atomic E-state index is -0.512. The van der Waals surface area contributed by atoms with Crippen LogP contribution in [-0.2, 0) is 5.41 Å². The number of rotatable bonds is 3. The van der Waals surface area contributed by atoms with Gasteiger partial charge in [0, 0.05) is 5.41 Å². The van der Waals surface area contributed by atoms with Crippen LogP contribution in [0.15, 0.2) is 44.7 Å². The summed E-state index contributed by atoms with van der Waals surface area (Å²) in [4.78, 5) is 34.0. The van der Waals surface area contributed by atoms with Crippen molar-refractivity contribution in [2.24, 2.45) is 0 Å². The summed E-state index contributed by atoms with van der Waals surface area (Å²) in [7, 11) is 0. The molecule has 0 amide bonds. The number of benzene rings is 1. The van der Waals surface area contributed by atoms with E-state index in [1.54, 1.807) is 12.1 Å². The van der Waals surface area contributed by atoms with Gasteiger partial charge in [-0.1, -0.05) is 32.9 Å². The summed E-state index contributed by atoms with van der Waals surface area (Å²) < 4.78 is 5.41. The first-order valence-corrected chi connectivity index (χ1v) is 8.43. The monoisotopic (exact) mass is 384 g/mol. The van der Waals surface area contributed by atoms with Crippen molar-refractivity contribution in [2.75, 3.05) is 5.23 Å². The molecular weight excluding hydrogens is 364 g/mol. The zero-order valence-corrected chi connectivity index (χ0v) is 15.6. The zero-order chi connectivity index (χ0) is 20.5. The van der Waals surface area contributed by atoms with Gasteiger partial charge in [0.2, 0.25) is 0 Å². The molecule has 0 unspecified atom stereocenters. The molecule has 0 aliphatic carbocycles. The van der Waals surface area contributed by atoms with E-state index in [-0.39, 0.29) is 27.0 Å². The Bertz CT molecular complexity index is 1230. The van der Waals surface area contributed by atoms with Gasteiger partial charge in [-0.15, -0.1) is 5.23 Å². The van der Waals surface area contributed by atoms with Crippen LogP contribution in [0.3, 0.4) is 0 Å². The van der Waals surface area contributed by atoms with Crippen molar-refractivity contribution in [3.8, 4) is 0 Å². The highest BCUT2D eigenvalue weighted by Gasteiger charge is 2.21. The van der Waals surface area contributed by atoms with E-state index < -0.39 is 11.1 Å². The predicted molar refractivity (Wildman–Crippen MR) is 102 cm³/mol. The lowest BCUT2D eigenvalue weighted by Crippen LogP contribution is -2.46. The summed E-state index contributed by atoms with van der Waals surface area (Å²) in [5.74, 6) is 0.595. The molecule has 3 aromatic rings. The summed E-state index contributed by atoms with van der Waals surface area (Å²) in [5, 5.41) is 18.2. The Kier molecular flexibility index (Phi) is 5.04. The molecule has 0 spiro atoms. The molecule has 0 atom stereocenters. The normalized spacial score (nSPS) is 13.2.